The van der Waals surface area contributed by atoms with Crippen LogP contribution in [-0.4, -0.2) is 28.1 Å². The van der Waals surface area contributed by atoms with Crippen LogP contribution in [0.4, 0.5) is 5.69 Å². The van der Waals surface area contributed by atoms with Gasteiger partial charge in [-0.05, 0) is 12.8 Å². The molecule has 5 N–H and O–H groups in total. The third-order valence-corrected chi connectivity index (χ3v) is 2.45. The summed E-state index contributed by atoms with van der Waals surface area (Å²) in [5, 5.41) is 6.70. The summed E-state index contributed by atoms with van der Waals surface area (Å²) in [4.78, 5) is 22.8. The van der Waals surface area contributed by atoms with Crippen LogP contribution >= 0.6 is 0 Å². The monoisotopic (exact) mass is 253 g/mol. The molecule has 0 aliphatic heterocycles. The van der Waals surface area contributed by atoms with E-state index in [4.69, 9.17) is 11.5 Å². The second-order valence-electron chi connectivity index (χ2n) is 4.59. The van der Waals surface area contributed by atoms with Gasteiger partial charge in [0.25, 0.3) is 5.91 Å². The van der Waals surface area contributed by atoms with Gasteiger partial charge in [0.1, 0.15) is 6.04 Å². The number of rotatable bonds is 5. The molecule has 1 aromatic rings. The summed E-state index contributed by atoms with van der Waals surface area (Å²) < 4.78 is 1.34. The van der Waals surface area contributed by atoms with Gasteiger partial charge in [0.2, 0.25) is 5.91 Å². The first-order chi connectivity index (χ1) is 8.32. The zero-order chi connectivity index (χ0) is 13.9. The molecular weight excluding hydrogens is 234 g/mol. The van der Waals surface area contributed by atoms with Gasteiger partial charge in [0, 0.05) is 12.7 Å². The van der Waals surface area contributed by atoms with Crippen LogP contribution in [0.5, 0.6) is 0 Å². The van der Waals surface area contributed by atoms with Gasteiger partial charge in [-0.15, -0.1) is 0 Å². The molecule has 2 amide bonds. The van der Waals surface area contributed by atoms with E-state index in [0.717, 1.165) is 0 Å². The van der Waals surface area contributed by atoms with Gasteiger partial charge >= 0.3 is 0 Å². The average Bonchev–Trinajstić information content (AvgIpc) is 2.67. The predicted octanol–water partition coefficient (Wildman–Crippen LogP) is -0.103. The summed E-state index contributed by atoms with van der Waals surface area (Å²) in [6.45, 7) is 6.26. The number of nitrogens with zero attached hydrogens (tertiary/aromatic N) is 2. The SMILES string of the molecule is CC(C)CNC(=O)C(C)n1cc(N)c(C(N)=O)n1. The Morgan fingerprint density at radius 3 is 2.50 bits per heavy atom. The highest BCUT2D eigenvalue weighted by Crippen LogP contribution is 2.13. The minimum atomic E-state index is -0.707. The molecule has 1 aromatic heterocycles. The van der Waals surface area contributed by atoms with Crippen molar-refractivity contribution < 1.29 is 9.59 Å². The molecule has 0 radical (unpaired) electrons. The lowest BCUT2D eigenvalue weighted by molar-refractivity contribution is -0.124. The fraction of sp³-hybridized carbons (Fsp3) is 0.545. The highest BCUT2D eigenvalue weighted by Gasteiger charge is 2.19. The summed E-state index contributed by atoms with van der Waals surface area (Å²) in [5.41, 5.74) is 10.9. The van der Waals surface area contributed by atoms with Crippen molar-refractivity contribution in [3.05, 3.63) is 11.9 Å². The predicted molar refractivity (Wildman–Crippen MR) is 67.7 cm³/mol. The molecule has 18 heavy (non-hydrogen) atoms. The van der Waals surface area contributed by atoms with Crippen LogP contribution in [0, 0.1) is 5.92 Å². The molecule has 0 fully saturated rings. The molecule has 0 saturated carbocycles. The van der Waals surface area contributed by atoms with Crippen LogP contribution in [0.25, 0.3) is 0 Å². The molecule has 0 saturated heterocycles. The van der Waals surface area contributed by atoms with Crippen molar-refractivity contribution in [3.8, 4) is 0 Å². The smallest absolute Gasteiger partial charge is 0.271 e. The topological polar surface area (TPSA) is 116 Å². The fourth-order valence-corrected chi connectivity index (χ4v) is 1.37. The minimum Gasteiger partial charge on any atom is -0.396 e. The van der Waals surface area contributed by atoms with Crippen LogP contribution < -0.4 is 16.8 Å². The van der Waals surface area contributed by atoms with Gasteiger partial charge in [-0.1, -0.05) is 13.8 Å². The number of nitrogens with one attached hydrogen (secondary N) is 1. The van der Waals surface area contributed by atoms with E-state index in [1.807, 2.05) is 13.8 Å². The Hall–Kier alpha value is -2.05. The average molecular weight is 253 g/mol. The van der Waals surface area contributed by atoms with E-state index in [1.54, 1.807) is 6.92 Å². The van der Waals surface area contributed by atoms with Gasteiger partial charge in [0.05, 0.1) is 5.69 Å². The van der Waals surface area contributed by atoms with Crippen LogP contribution in [0.3, 0.4) is 0 Å². The summed E-state index contributed by atoms with van der Waals surface area (Å²) in [6, 6.07) is -0.542. The van der Waals surface area contributed by atoms with Crippen molar-refractivity contribution in [2.45, 2.75) is 26.8 Å². The van der Waals surface area contributed by atoms with Crippen LogP contribution in [-0.2, 0) is 4.79 Å². The lowest BCUT2D eigenvalue weighted by Crippen LogP contribution is -2.33. The second-order valence-corrected chi connectivity index (χ2v) is 4.59. The number of nitrogen functional groups attached to an aromatic ring is 1. The minimum absolute atomic E-state index is 0.0153. The summed E-state index contributed by atoms with van der Waals surface area (Å²) in [7, 11) is 0. The van der Waals surface area contributed by atoms with E-state index >= 15 is 0 Å². The van der Waals surface area contributed by atoms with Crippen molar-refractivity contribution in [1.82, 2.24) is 15.1 Å². The van der Waals surface area contributed by atoms with Crippen molar-refractivity contribution >= 4 is 17.5 Å². The lowest BCUT2D eigenvalue weighted by atomic mass is 10.2. The standard InChI is InChI=1S/C11H19N5O2/c1-6(2)4-14-11(18)7(3)16-5-8(12)9(15-16)10(13)17/h5-7H,4,12H2,1-3H3,(H2,13,17)(H,14,18). The summed E-state index contributed by atoms with van der Waals surface area (Å²) >= 11 is 0. The Kier molecular flexibility index (Phi) is 4.30. The lowest BCUT2D eigenvalue weighted by Gasteiger charge is -2.13. The first-order valence-corrected chi connectivity index (χ1v) is 5.75. The zero-order valence-corrected chi connectivity index (χ0v) is 10.8. The van der Waals surface area contributed by atoms with Gasteiger partial charge in [-0.3, -0.25) is 14.3 Å². The van der Waals surface area contributed by atoms with Crippen molar-refractivity contribution in [2.24, 2.45) is 11.7 Å². The molecule has 0 aliphatic carbocycles. The van der Waals surface area contributed by atoms with E-state index in [9.17, 15) is 9.59 Å². The van der Waals surface area contributed by atoms with Crippen molar-refractivity contribution in [1.29, 1.82) is 0 Å². The quantitative estimate of drug-likeness (QED) is 0.679. The molecule has 100 valence electrons. The van der Waals surface area contributed by atoms with Crippen molar-refractivity contribution in [3.63, 3.8) is 0 Å². The highest BCUT2D eigenvalue weighted by atomic mass is 16.2. The number of hydrogen-bond acceptors (Lipinski definition) is 4. The number of primary amides is 1. The molecule has 0 spiro atoms. The van der Waals surface area contributed by atoms with Crippen molar-refractivity contribution in [2.75, 3.05) is 12.3 Å². The first kappa shape index (κ1) is 14.0. The van der Waals surface area contributed by atoms with Gasteiger partial charge in [-0.25, -0.2) is 0 Å². The number of nitrogens with two attached hydrogens (primary N) is 2. The second kappa shape index (κ2) is 5.52. The Morgan fingerprint density at radius 1 is 1.44 bits per heavy atom. The summed E-state index contributed by atoms with van der Waals surface area (Å²) in [6.07, 6.45) is 1.43. The van der Waals surface area contributed by atoms with Crippen LogP contribution in [0.1, 0.15) is 37.3 Å². The fourth-order valence-electron chi connectivity index (χ4n) is 1.37. The largest absolute Gasteiger partial charge is 0.396 e. The molecule has 0 aliphatic rings. The molecule has 1 rings (SSSR count). The number of carbonyl (C=O) groups excluding carboxylic acids is 2. The van der Waals surface area contributed by atoms with Crippen LogP contribution in [0.2, 0.25) is 0 Å². The molecule has 7 nitrogen and oxygen atoms in total. The molecule has 1 atom stereocenters. The highest BCUT2D eigenvalue weighted by molar-refractivity contribution is 5.95. The zero-order valence-electron chi connectivity index (χ0n) is 10.8. The van der Waals surface area contributed by atoms with E-state index in [-0.39, 0.29) is 17.3 Å². The Morgan fingerprint density at radius 2 is 2.06 bits per heavy atom. The Labute approximate surface area is 106 Å². The first-order valence-electron chi connectivity index (χ1n) is 5.75. The third kappa shape index (κ3) is 3.22. The number of anilines is 1. The van der Waals surface area contributed by atoms with E-state index in [2.05, 4.69) is 10.4 Å². The third-order valence-electron chi connectivity index (χ3n) is 2.45. The maximum atomic E-state index is 11.8. The van der Waals surface area contributed by atoms with E-state index in [1.165, 1.54) is 10.9 Å². The van der Waals surface area contributed by atoms with Gasteiger partial charge in [-0.2, -0.15) is 5.10 Å². The molecule has 1 unspecified atom stereocenters. The number of carbonyl (C=O) groups is 2. The molecule has 0 bridgehead atoms. The van der Waals surface area contributed by atoms with Gasteiger partial charge in [0.15, 0.2) is 5.69 Å². The molecule has 1 heterocycles. The van der Waals surface area contributed by atoms with Crippen LogP contribution in [0.15, 0.2) is 6.20 Å². The van der Waals surface area contributed by atoms with E-state index in [0.29, 0.717) is 12.5 Å². The van der Waals surface area contributed by atoms with Gasteiger partial charge < -0.3 is 16.8 Å². The molecule has 0 aromatic carbocycles. The number of amides is 2. The maximum absolute atomic E-state index is 11.8. The number of hydrogen-bond donors (Lipinski definition) is 3. The summed E-state index contributed by atoms with van der Waals surface area (Å²) in [5.74, 6) is -0.520. The molecular formula is C11H19N5O2. The van der Waals surface area contributed by atoms with E-state index < -0.39 is 11.9 Å². The Balaban J connectivity index is 2.77. The number of aromatic nitrogens is 2. The normalized spacial score (nSPS) is 12.4. The molecule has 7 heteroatoms. The Bertz CT molecular complexity index is 452. The maximum Gasteiger partial charge on any atom is 0.271 e.